The third kappa shape index (κ3) is 4.86. The van der Waals surface area contributed by atoms with Crippen LogP contribution in [0.3, 0.4) is 0 Å². The summed E-state index contributed by atoms with van der Waals surface area (Å²) in [6.07, 6.45) is 3.41. The summed E-state index contributed by atoms with van der Waals surface area (Å²) in [6, 6.07) is 8.54. The SMILES string of the molecule is CCOC(=O)[C@H](CS)NC(=O)c1ccc(COc2ccc3c(c2)CCC3)o1. The highest BCUT2D eigenvalue weighted by molar-refractivity contribution is 7.80. The van der Waals surface area contributed by atoms with E-state index in [0.717, 1.165) is 18.6 Å². The van der Waals surface area contributed by atoms with E-state index in [1.54, 1.807) is 19.1 Å². The second-order valence-electron chi connectivity index (χ2n) is 6.30. The van der Waals surface area contributed by atoms with Crippen molar-refractivity contribution >= 4 is 24.5 Å². The number of rotatable bonds is 8. The number of nitrogens with one attached hydrogen (secondary N) is 1. The first-order valence-corrected chi connectivity index (χ1v) is 9.65. The van der Waals surface area contributed by atoms with E-state index in [1.807, 2.05) is 6.07 Å². The van der Waals surface area contributed by atoms with Gasteiger partial charge in [0.05, 0.1) is 6.61 Å². The quantitative estimate of drug-likeness (QED) is 0.536. The molecule has 2 aromatic rings. The molecule has 0 spiro atoms. The molecule has 0 saturated carbocycles. The topological polar surface area (TPSA) is 77.8 Å². The molecule has 1 aliphatic rings. The predicted octanol–water partition coefficient (Wildman–Crippen LogP) is 2.94. The van der Waals surface area contributed by atoms with Crippen LogP contribution in [0.15, 0.2) is 34.7 Å². The highest BCUT2D eigenvalue weighted by Crippen LogP contribution is 2.26. The van der Waals surface area contributed by atoms with Crippen LogP contribution in [0, 0.1) is 0 Å². The van der Waals surface area contributed by atoms with Gasteiger partial charge in [-0.3, -0.25) is 4.79 Å². The van der Waals surface area contributed by atoms with Crippen molar-refractivity contribution < 1.29 is 23.5 Å². The molecular weight excluding hydrogens is 366 g/mol. The Hall–Kier alpha value is -2.41. The van der Waals surface area contributed by atoms with E-state index in [0.29, 0.717) is 5.76 Å². The van der Waals surface area contributed by atoms with Crippen molar-refractivity contribution in [1.29, 1.82) is 0 Å². The second-order valence-corrected chi connectivity index (χ2v) is 6.66. The van der Waals surface area contributed by atoms with Crippen LogP contribution in [0.4, 0.5) is 0 Å². The van der Waals surface area contributed by atoms with Gasteiger partial charge in [0.1, 0.15) is 24.2 Å². The predicted molar refractivity (Wildman–Crippen MR) is 103 cm³/mol. The second kappa shape index (κ2) is 8.99. The first kappa shape index (κ1) is 19.4. The summed E-state index contributed by atoms with van der Waals surface area (Å²) in [5, 5.41) is 2.56. The van der Waals surface area contributed by atoms with Gasteiger partial charge in [-0.2, -0.15) is 12.6 Å². The van der Waals surface area contributed by atoms with Gasteiger partial charge in [-0.05, 0) is 61.6 Å². The number of carbonyl (C=O) groups excluding carboxylic acids is 2. The monoisotopic (exact) mass is 389 g/mol. The maximum Gasteiger partial charge on any atom is 0.329 e. The Morgan fingerprint density at radius 1 is 1.22 bits per heavy atom. The Kier molecular flexibility index (Phi) is 6.45. The molecule has 27 heavy (non-hydrogen) atoms. The number of carbonyl (C=O) groups is 2. The lowest BCUT2D eigenvalue weighted by Gasteiger charge is -2.14. The average Bonchev–Trinajstić information content (AvgIpc) is 3.33. The lowest BCUT2D eigenvalue weighted by atomic mass is 10.1. The zero-order valence-electron chi connectivity index (χ0n) is 15.2. The smallest absolute Gasteiger partial charge is 0.329 e. The molecule has 1 heterocycles. The van der Waals surface area contributed by atoms with Gasteiger partial charge in [0, 0.05) is 5.75 Å². The van der Waals surface area contributed by atoms with Crippen molar-refractivity contribution in [3.63, 3.8) is 0 Å². The van der Waals surface area contributed by atoms with Crippen LogP contribution in [0.2, 0.25) is 0 Å². The first-order valence-electron chi connectivity index (χ1n) is 9.02. The number of thiol groups is 1. The first-order chi connectivity index (χ1) is 13.1. The zero-order chi connectivity index (χ0) is 19.2. The summed E-state index contributed by atoms with van der Waals surface area (Å²) in [7, 11) is 0. The Morgan fingerprint density at radius 2 is 2.04 bits per heavy atom. The van der Waals surface area contributed by atoms with Gasteiger partial charge in [0.15, 0.2) is 5.76 Å². The molecule has 3 rings (SSSR count). The number of furan rings is 1. The lowest BCUT2D eigenvalue weighted by molar-refractivity contribution is -0.144. The maximum atomic E-state index is 12.3. The van der Waals surface area contributed by atoms with Gasteiger partial charge >= 0.3 is 5.97 Å². The molecule has 0 bridgehead atoms. The summed E-state index contributed by atoms with van der Waals surface area (Å²) in [5.41, 5.74) is 2.73. The molecule has 1 aromatic carbocycles. The molecule has 6 nitrogen and oxygen atoms in total. The molecule has 7 heteroatoms. The summed E-state index contributed by atoms with van der Waals surface area (Å²) in [4.78, 5) is 24.0. The van der Waals surface area contributed by atoms with Crippen LogP contribution in [-0.2, 0) is 29.0 Å². The van der Waals surface area contributed by atoms with Crippen molar-refractivity contribution in [2.75, 3.05) is 12.4 Å². The zero-order valence-corrected chi connectivity index (χ0v) is 16.1. The molecule has 1 N–H and O–H groups in total. The van der Waals surface area contributed by atoms with E-state index < -0.39 is 17.9 Å². The number of fused-ring (bicyclic) bond motifs is 1. The third-order valence-electron chi connectivity index (χ3n) is 4.40. The Bertz CT molecular complexity index is 816. The van der Waals surface area contributed by atoms with Gasteiger partial charge in [-0.25, -0.2) is 4.79 Å². The van der Waals surface area contributed by atoms with Gasteiger partial charge in [-0.15, -0.1) is 0 Å². The number of amides is 1. The average molecular weight is 389 g/mol. The largest absolute Gasteiger partial charge is 0.486 e. The van der Waals surface area contributed by atoms with Crippen LogP contribution >= 0.6 is 12.6 Å². The van der Waals surface area contributed by atoms with E-state index in [2.05, 4.69) is 30.1 Å². The van der Waals surface area contributed by atoms with Crippen molar-refractivity contribution in [2.24, 2.45) is 0 Å². The summed E-state index contributed by atoms with van der Waals surface area (Å²) in [6.45, 7) is 2.17. The van der Waals surface area contributed by atoms with Crippen molar-refractivity contribution in [2.45, 2.75) is 38.8 Å². The molecule has 1 aromatic heterocycles. The molecule has 0 radical (unpaired) electrons. The van der Waals surface area contributed by atoms with Crippen LogP contribution in [0.1, 0.15) is 40.8 Å². The van der Waals surface area contributed by atoms with E-state index in [9.17, 15) is 9.59 Å². The molecule has 1 amide bonds. The van der Waals surface area contributed by atoms with Crippen LogP contribution < -0.4 is 10.1 Å². The van der Waals surface area contributed by atoms with Crippen LogP contribution in [-0.4, -0.2) is 30.3 Å². The lowest BCUT2D eigenvalue weighted by Crippen LogP contribution is -2.43. The standard InChI is InChI=1S/C20H23NO5S/c1-2-24-20(23)17(12-27)21-19(22)18-9-8-16(26-18)11-25-15-7-6-13-4-3-5-14(13)10-15/h6-10,17,27H,2-5,11-12H2,1H3,(H,21,22)/t17-/m0/s1. The molecule has 0 aliphatic heterocycles. The van der Waals surface area contributed by atoms with Crippen molar-refractivity contribution in [3.05, 3.63) is 53.0 Å². The number of benzene rings is 1. The minimum absolute atomic E-state index is 0.110. The highest BCUT2D eigenvalue weighted by atomic mass is 32.1. The van der Waals surface area contributed by atoms with E-state index in [-0.39, 0.29) is 24.7 Å². The molecular formula is C20H23NO5S. The van der Waals surface area contributed by atoms with Gasteiger partial charge in [-0.1, -0.05) is 6.07 Å². The molecule has 1 aliphatic carbocycles. The molecule has 0 fully saturated rings. The fraction of sp³-hybridized carbons (Fsp3) is 0.400. The maximum absolute atomic E-state index is 12.3. The Labute approximate surface area is 163 Å². The van der Waals surface area contributed by atoms with Crippen molar-refractivity contribution in [1.82, 2.24) is 5.32 Å². The van der Waals surface area contributed by atoms with E-state index in [1.165, 1.54) is 17.5 Å². The Morgan fingerprint density at radius 3 is 2.81 bits per heavy atom. The number of hydrogen-bond donors (Lipinski definition) is 2. The number of ether oxygens (including phenoxy) is 2. The number of esters is 1. The van der Waals surface area contributed by atoms with Crippen molar-refractivity contribution in [3.8, 4) is 5.75 Å². The molecule has 144 valence electrons. The fourth-order valence-corrected chi connectivity index (χ4v) is 3.26. The van der Waals surface area contributed by atoms with Crippen LogP contribution in [0.5, 0.6) is 5.75 Å². The third-order valence-corrected chi connectivity index (χ3v) is 4.76. The highest BCUT2D eigenvalue weighted by Gasteiger charge is 2.22. The van der Waals surface area contributed by atoms with Gasteiger partial charge in [0.2, 0.25) is 0 Å². The van der Waals surface area contributed by atoms with E-state index in [4.69, 9.17) is 13.9 Å². The number of hydrogen-bond acceptors (Lipinski definition) is 6. The molecule has 0 saturated heterocycles. The minimum Gasteiger partial charge on any atom is -0.486 e. The summed E-state index contributed by atoms with van der Waals surface area (Å²) in [5.74, 6) is 0.548. The number of aryl methyl sites for hydroxylation is 2. The molecule has 1 atom stereocenters. The normalized spacial score (nSPS) is 13.7. The summed E-state index contributed by atoms with van der Waals surface area (Å²) < 4.78 is 16.2. The Balaban J connectivity index is 1.56. The molecule has 0 unspecified atom stereocenters. The minimum atomic E-state index is -0.822. The van der Waals surface area contributed by atoms with Gasteiger partial charge < -0.3 is 19.2 Å². The fourth-order valence-electron chi connectivity index (χ4n) is 3.02. The summed E-state index contributed by atoms with van der Waals surface area (Å²) >= 11 is 4.08. The van der Waals surface area contributed by atoms with E-state index >= 15 is 0 Å². The van der Waals surface area contributed by atoms with Crippen LogP contribution in [0.25, 0.3) is 0 Å². The van der Waals surface area contributed by atoms with Gasteiger partial charge in [0.25, 0.3) is 5.91 Å².